The molecule has 5 heteroatoms. The Bertz CT molecular complexity index is 1120. The lowest BCUT2D eigenvalue weighted by molar-refractivity contribution is 0.0522. The first kappa shape index (κ1) is 13.6. The maximum atomic E-state index is 12.1. The van der Waals surface area contributed by atoms with Crippen LogP contribution in [-0.4, -0.2) is 12.6 Å². The van der Waals surface area contributed by atoms with Gasteiger partial charge in [0.05, 0.1) is 6.61 Å². The van der Waals surface area contributed by atoms with E-state index < -0.39 is 11.6 Å². The second-order valence-electron chi connectivity index (χ2n) is 5.13. The number of esters is 1. The molecule has 0 bridgehead atoms. The lowest BCUT2D eigenvalue weighted by Crippen LogP contribution is -2.16. The predicted molar refractivity (Wildman–Crippen MR) is 85.7 cm³/mol. The van der Waals surface area contributed by atoms with Crippen molar-refractivity contribution in [2.45, 2.75) is 6.92 Å². The van der Waals surface area contributed by atoms with Gasteiger partial charge in [-0.2, -0.15) is 0 Å². The van der Waals surface area contributed by atoms with Crippen LogP contribution < -0.4 is 5.63 Å². The van der Waals surface area contributed by atoms with Crippen LogP contribution in [0.1, 0.15) is 17.3 Å². The molecule has 0 radical (unpaired) electrons. The summed E-state index contributed by atoms with van der Waals surface area (Å²) in [5, 5.41) is 2.42. The van der Waals surface area contributed by atoms with E-state index in [9.17, 15) is 9.59 Å². The van der Waals surface area contributed by atoms with E-state index in [1.165, 1.54) is 6.07 Å². The van der Waals surface area contributed by atoms with Crippen LogP contribution in [0.15, 0.2) is 56.1 Å². The monoisotopic (exact) mass is 308 g/mol. The summed E-state index contributed by atoms with van der Waals surface area (Å²) in [5.41, 5.74) is 0.693. The first-order valence-electron chi connectivity index (χ1n) is 7.24. The van der Waals surface area contributed by atoms with Crippen LogP contribution in [0.2, 0.25) is 0 Å². The fourth-order valence-corrected chi connectivity index (χ4v) is 2.71. The van der Waals surface area contributed by atoms with Gasteiger partial charge in [0.25, 0.3) is 0 Å². The van der Waals surface area contributed by atoms with Gasteiger partial charge in [0.15, 0.2) is 11.2 Å². The first-order valence-corrected chi connectivity index (χ1v) is 7.24. The van der Waals surface area contributed by atoms with Gasteiger partial charge in [0.2, 0.25) is 0 Å². The molecular formula is C18H12O5. The molecule has 4 aromatic rings. The predicted octanol–water partition coefficient (Wildman–Crippen LogP) is 3.87. The summed E-state index contributed by atoms with van der Waals surface area (Å²) in [4.78, 5) is 23.9. The molecule has 0 saturated heterocycles. The van der Waals surface area contributed by atoms with E-state index in [2.05, 4.69) is 0 Å². The van der Waals surface area contributed by atoms with Gasteiger partial charge < -0.3 is 13.6 Å². The Kier molecular flexibility index (Phi) is 2.94. The lowest BCUT2D eigenvalue weighted by Gasteiger charge is -2.02. The summed E-state index contributed by atoms with van der Waals surface area (Å²) >= 11 is 0. The van der Waals surface area contributed by atoms with E-state index in [1.807, 2.05) is 30.3 Å². The van der Waals surface area contributed by atoms with Crippen LogP contribution in [0.4, 0.5) is 0 Å². The summed E-state index contributed by atoms with van der Waals surface area (Å²) in [5.74, 6) is -0.687. The standard InChI is InChI=1S/C18H12O5/c1-2-21-17(19)13-9-10-7-8-12-11-5-3-4-6-14(11)22-16(12)15(10)23-18(13)20/h3-9H,2H2,1H3. The Balaban J connectivity index is 2.05. The Labute approximate surface area is 130 Å². The van der Waals surface area contributed by atoms with E-state index in [0.29, 0.717) is 22.1 Å². The van der Waals surface area contributed by atoms with Crippen LogP contribution in [-0.2, 0) is 4.74 Å². The van der Waals surface area contributed by atoms with E-state index >= 15 is 0 Å². The zero-order valence-corrected chi connectivity index (χ0v) is 12.3. The molecule has 0 spiro atoms. The molecule has 0 saturated carbocycles. The second-order valence-corrected chi connectivity index (χ2v) is 5.13. The number of rotatable bonds is 2. The molecule has 2 heterocycles. The smallest absolute Gasteiger partial charge is 0.351 e. The molecule has 0 aliphatic rings. The SMILES string of the molecule is CCOC(=O)c1cc2ccc3c4ccccc4oc3c2oc1=O. The van der Waals surface area contributed by atoms with Gasteiger partial charge >= 0.3 is 11.6 Å². The Morgan fingerprint density at radius 2 is 1.87 bits per heavy atom. The minimum absolute atomic E-state index is 0.116. The van der Waals surface area contributed by atoms with Crippen molar-refractivity contribution in [2.75, 3.05) is 6.61 Å². The highest BCUT2D eigenvalue weighted by atomic mass is 16.5. The molecule has 114 valence electrons. The maximum absolute atomic E-state index is 12.1. The highest BCUT2D eigenvalue weighted by molar-refractivity contribution is 6.13. The lowest BCUT2D eigenvalue weighted by atomic mass is 10.1. The number of hydrogen-bond donors (Lipinski definition) is 0. The molecule has 0 fully saturated rings. The van der Waals surface area contributed by atoms with Crippen molar-refractivity contribution in [2.24, 2.45) is 0 Å². The van der Waals surface area contributed by atoms with Gasteiger partial charge in [-0.1, -0.05) is 24.3 Å². The maximum Gasteiger partial charge on any atom is 0.351 e. The Morgan fingerprint density at radius 3 is 2.70 bits per heavy atom. The normalized spacial score (nSPS) is 11.3. The second kappa shape index (κ2) is 4.98. The van der Waals surface area contributed by atoms with Crippen LogP contribution in [0.5, 0.6) is 0 Å². The molecule has 2 aromatic heterocycles. The highest BCUT2D eigenvalue weighted by Gasteiger charge is 2.18. The zero-order valence-electron chi connectivity index (χ0n) is 12.3. The third-order valence-electron chi connectivity index (χ3n) is 3.74. The minimum atomic E-state index is -0.732. The molecule has 4 rings (SSSR count). The first-order chi connectivity index (χ1) is 11.2. The molecule has 0 atom stereocenters. The number of para-hydroxylation sites is 1. The zero-order chi connectivity index (χ0) is 16.0. The van der Waals surface area contributed by atoms with Gasteiger partial charge in [0.1, 0.15) is 11.1 Å². The van der Waals surface area contributed by atoms with E-state index in [0.717, 1.165) is 10.8 Å². The molecule has 5 nitrogen and oxygen atoms in total. The molecule has 23 heavy (non-hydrogen) atoms. The van der Waals surface area contributed by atoms with Crippen LogP contribution in [0, 0.1) is 0 Å². The fraction of sp³-hybridized carbons (Fsp3) is 0.111. The van der Waals surface area contributed by atoms with Crippen LogP contribution >= 0.6 is 0 Å². The molecule has 0 N–H and O–H groups in total. The van der Waals surface area contributed by atoms with Crippen molar-refractivity contribution in [1.29, 1.82) is 0 Å². The number of benzene rings is 2. The highest BCUT2D eigenvalue weighted by Crippen LogP contribution is 2.33. The van der Waals surface area contributed by atoms with Crippen molar-refractivity contribution in [3.8, 4) is 0 Å². The summed E-state index contributed by atoms with van der Waals surface area (Å²) in [6.07, 6.45) is 0. The summed E-state index contributed by atoms with van der Waals surface area (Å²) in [7, 11) is 0. The topological polar surface area (TPSA) is 69.7 Å². The number of hydrogen-bond acceptors (Lipinski definition) is 5. The number of carbonyl (C=O) groups is 1. The van der Waals surface area contributed by atoms with Crippen molar-refractivity contribution in [1.82, 2.24) is 0 Å². The number of furan rings is 1. The van der Waals surface area contributed by atoms with Gasteiger partial charge in [-0.05, 0) is 25.1 Å². The van der Waals surface area contributed by atoms with Crippen molar-refractivity contribution in [3.05, 3.63) is 58.4 Å². The molecule has 0 unspecified atom stereocenters. The third-order valence-corrected chi connectivity index (χ3v) is 3.74. The number of carbonyl (C=O) groups excluding carboxylic acids is 1. The van der Waals surface area contributed by atoms with Gasteiger partial charge in [-0.25, -0.2) is 9.59 Å². The molecule has 2 aromatic carbocycles. The van der Waals surface area contributed by atoms with Gasteiger partial charge in [0, 0.05) is 16.2 Å². The minimum Gasteiger partial charge on any atom is -0.462 e. The largest absolute Gasteiger partial charge is 0.462 e. The molecular weight excluding hydrogens is 296 g/mol. The fourth-order valence-electron chi connectivity index (χ4n) is 2.71. The van der Waals surface area contributed by atoms with Crippen molar-refractivity contribution < 1.29 is 18.4 Å². The third kappa shape index (κ3) is 2.01. The van der Waals surface area contributed by atoms with Gasteiger partial charge in [-0.3, -0.25) is 0 Å². The quantitative estimate of drug-likeness (QED) is 0.415. The number of fused-ring (bicyclic) bond motifs is 5. The van der Waals surface area contributed by atoms with Gasteiger partial charge in [-0.15, -0.1) is 0 Å². The molecule has 0 aliphatic heterocycles. The number of ether oxygens (including phenoxy) is 1. The van der Waals surface area contributed by atoms with Crippen molar-refractivity contribution in [3.63, 3.8) is 0 Å². The Hall–Kier alpha value is -3.08. The average molecular weight is 308 g/mol. The van der Waals surface area contributed by atoms with E-state index in [4.69, 9.17) is 13.6 Å². The molecule has 0 aliphatic carbocycles. The van der Waals surface area contributed by atoms with Crippen LogP contribution in [0.25, 0.3) is 32.9 Å². The van der Waals surface area contributed by atoms with Crippen molar-refractivity contribution >= 4 is 38.9 Å². The Morgan fingerprint density at radius 1 is 1.04 bits per heavy atom. The molecule has 0 amide bonds. The average Bonchev–Trinajstić information content (AvgIpc) is 2.93. The summed E-state index contributed by atoms with van der Waals surface area (Å²) in [6.45, 7) is 1.87. The summed E-state index contributed by atoms with van der Waals surface area (Å²) < 4.78 is 16.0. The summed E-state index contributed by atoms with van der Waals surface area (Å²) in [6, 6.07) is 12.8. The van der Waals surface area contributed by atoms with E-state index in [-0.39, 0.29) is 12.2 Å². The van der Waals surface area contributed by atoms with E-state index in [1.54, 1.807) is 13.0 Å². The van der Waals surface area contributed by atoms with Crippen LogP contribution in [0.3, 0.4) is 0 Å².